The molecule has 2 amide bonds. The van der Waals surface area contributed by atoms with Crippen molar-refractivity contribution in [1.29, 1.82) is 0 Å². The Morgan fingerprint density at radius 3 is 2.45 bits per heavy atom. The molecule has 0 aliphatic rings. The summed E-state index contributed by atoms with van der Waals surface area (Å²) in [5.74, 6) is 0.497. The summed E-state index contributed by atoms with van der Waals surface area (Å²) in [6.45, 7) is 1.61. The van der Waals surface area contributed by atoms with Gasteiger partial charge in [0.05, 0.1) is 0 Å². The molecule has 0 aliphatic carbocycles. The van der Waals surface area contributed by atoms with E-state index in [9.17, 15) is 18.0 Å². The van der Waals surface area contributed by atoms with Gasteiger partial charge in [0.1, 0.15) is 5.76 Å². The second kappa shape index (κ2) is 6.08. The number of benzene rings is 1. The van der Waals surface area contributed by atoms with Gasteiger partial charge in [-0.05, 0) is 12.5 Å². The number of alkyl halides is 3. The predicted molar refractivity (Wildman–Crippen MR) is 73.3 cm³/mol. The van der Waals surface area contributed by atoms with E-state index >= 15 is 0 Å². The van der Waals surface area contributed by atoms with Gasteiger partial charge in [-0.2, -0.15) is 13.2 Å². The third-order valence-corrected chi connectivity index (χ3v) is 3.00. The highest BCUT2D eigenvalue weighted by molar-refractivity contribution is 5.88. The lowest BCUT2D eigenvalue weighted by Gasteiger charge is -2.30. The lowest BCUT2D eigenvalue weighted by Crippen LogP contribution is -2.42. The molecule has 0 radical (unpaired) electrons. The third-order valence-electron chi connectivity index (χ3n) is 3.00. The van der Waals surface area contributed by atoms with E-state index in [4.69, 9.17) is 4.52 Å². The second-order valence-corrected chi connectivity index (χ2v) is 4.72. The lowest BCUT2D eigenvalue weighted by atomic mass is 10.1. The van der Waals surface area contributed by atoms with Crippen molar-refractivity contribution in [3.8, 4) is 0 Å². The van der Waals surface area contributed by atoms with Crippen LogP contribution in [0.2, 0.25) is 0 Å². The maximum Gasteiger partial charge on any atom is 0.413 e. The topological polar surface area (TPSA) is 58.4 Å². The maximum atomic E-state index is 13.3. The zero-order valence-corrected chi connectivity index (χ0v) is 11.9. The van der Waals surface area contributed by atoms with Gasteiger partial charge in [0.25, 0.3) is 0 Å². The molecule has 2 aromatic rings. The number of carbonyl (C=O) groups is 1. The number of urea groups is 1. The van der Waals surface area contributed by atoms with Crippen LogP contribution in [0.3, 0.4) is 0 Å². The Morgan fingerprint density at radius 2 is 1.95 bits per heavy atom. The number of carbonyl (C=O) groups excluding carboxylic acids is 1. The van der Waals surface area contributed by atoms with Crippen molar-refractivity contribution in [3.63, 3.8) is 0 Å². The molecule has 0 fully saturated rings. The van der Waals surface area contributed by atoms with Gasteiger partial charge in [-0.1, -0.05) is 35.5 Å². The van der Waals surface area contributed by atoms with Crippen LogP contribution >= 0.6 is 0 Å². The number of hydrogen-bond acceptors (Lipinski definition) is 3. The molecular weight excluding hydrogens is 299 g/mol. The molecule has 0 aliphatic heterocycles. The number of anilines is 1. The number of hydrogen-bond donors (Lipinski definition) is 1. The fourth-order valence-corrected chi connectivity index (χ4v) is 2.01. The number of amides is 2. The van der Waals surface area contributed by atoms with E-state index in [1.54, 1.807) is 13.0 Å². The van der Waals surface area contributed by atoms with E-state index in [1.165, 1.54) is 30.3 Å². The molecule has 1 aromatic carbocycles. The monoisotopic (exact) mass is 313 g/mol. The van der Waals surface area contributed by atoms with Crippen LogP contribution in [0.25, 0.3) is 0 Å². The summed E-state index contributed by atoms with van der Waals surface area (Å²) in [5.41, 5.74) is -0.0241. The van der Waals surface area contributed by atoms with E-state index in [1.807, 2.05) is 0 Å². The van der Waals surface area contributed by atoms with Gasteiger partial charge in [0.2, 0.25) is 0 Å². The van der Waals surface area contributed by atoms with E-state index in [2.05, 4.69) is 10.5 Å². The molecule has 118 valence electrons. The Morgan fingerprint density at radius 1 is 1.32 bits per heavy atom. The van der Waals surface area contributed by atoms with Crippen LogP contribution in [0.1, 0.15) is 17.4 Å². The first-order valence-electron chi connectivity index (χ1n) is 6.38. The molecule has 5 nitrogen and oxygen atoms in total. The maximum absolute atomic E-state index is 13.3. The van der Waals surface area contributed by atoms with Crippen molar-refractivity contribution in [3.05, 3.63) is 47.7 Å². The van der Waals surface area contributed by atoms with Crippen LogP contribution in [0, 0.1) is 6.92 Å². The minimum Gasteiger partial charge on any atom is -0.360 e. The third kappa shape index (κ3) is 3.57. The van der Waals surface area contributed by atoms with E-state index < -0.39 is 18.2 Å². The minimum absolute atomic E-state index is 0.0241. The number of aryl methyl sites for hydroxylation is 1. The Bertz CT molecular complexity index is 640. The summed E-state index contributed by atoms with van der Waals surface area (Å²) in [6.07, 6.45) is -4.60. The van der Waals surface area contributed by atoms with Gasteiger partial charge in [0, 0.05) is 13.1 Å². The van der Waals surface area contributed by atoms with Gasteiger partial charge in [0.15, 0.2) is 11.9 Å². The SMILES string of the molecule is Cc1cc(NC(=O)N(C)[C@H](c2ccccc2)C(F)(F)F)no1. The van der Waals surface area contributed by atoms with E-state index in [0.717, 1.165) is 7.05 Å². The molecule has 1 N–H and O–H groups in total. The summed E-state index contributed by atoms with van der Waals surface area (Å²) in [7, 11) is 1.08. The van der Waals surface area contributed by atoms with Crippen molar-refractivity contribution in [2.24, 2.45) is 0 Å². The van der Waals surface area contributed by atoms with Crippen LogP contribution in [0.4, 0.5) is 23.8 Å². The molecule has 2 rings (SSSR count). The lowest BCUT2D eigenvalue weighted by molar-refractivity contribution is -0.175. The molecule has 1 heterocycles. The number of aromatic nitrogens is 1. The van der Waals surface area contributed by atoms with Crippen molar-refractivity contribution in [1.82, 2.24) is 10.1 Å². The van der Waals surface area contributed by atoms with Crippen molar-refractivity contribution >= 4 is 11.8 Å². The fraction of sp³-hybridized carbons (Fsp3) is 0.286. The van der Waals surface area contributed by atoms with Gasteiger partial charge in [-0.15, -0.1) is 0 Å². The first-order valence-corrected chi connectivity index (χ1v) is 6.38. The number of rotatable bonds is 3. The Labute approximate surface area is 124 Å². The zero-order chi connectivity index (χ0) is 16.3. The first kappa shape index (κ1) is 15.9. The molecule has 22 heavy (non-hydrogen) atoms. The molecule has 0 saturated carbocycles. The molecule has 0 spiro atoms. The number of nitrogens with zero attached hydrogens (tertiary/aromatic N) is 2. The van der Waals surface area contributed by atoms with Gasteiger partial charge in [-0.3, -0.25) is 5.32 Å². The van der Waals surface area contributed by atoms with E-state index in [0.29, 0.717) is 10.7 Å². The van der Waals surface area contributed by atoms with Crippen molar-refractivity contribution in [2.75, 3.05) is 12.4 Å². The highest BCUT2D eigenvalue weighted by atomic mass is 19.4. The molecule has 0 unspecified atom stereocenters. The first-order chi connectivity index (χ1) is 10.3. The quantitative estimate of drug-likeness (QED) is 0.939. The van der Waals surface area contributed by atoms with Crippen LogP contribution < -0.4 is 5.32 Å². The summed E-state index contributed by atoms with van der Waals surface area (Å²) in [5, 5.41) is 5.78. The Hall–Kier alpha value is -2.51. The largest absolute Gasteiger partial charge is 0.413 e. The van der Waals surface area contributed by atoms with Gasteiger partial charge in [-0.25, -0.2) is 4.79 Å². The van der Waals surface area contributed by atoms with Crippen LogP contribution in [0.15, 0.2) is 40.9 Å². The fourth-order valence-electron chi connectivity index (χ4n) is 2.01. The predicted octanol–water partition coefficient (Wildman–Crippen LogP) is 3.75. The van der Waals surface area contributed by atoms with Crippen LogP contribution in [0.5, 0.6) is 0 Å². The minimum atomic E-state index is -4.60. The number of halogens is 3. The van der Waals surface area contributed by atoms with Crippen LogP contribution in [-0.2, 0) is 0 Å². The average molecular weight is 313 g/mol. The highest BCUT2D eigenvalue weighted by Gasteiger charge is 2.45. The zero-order valence-electron chi connectivity index (χ0n) is 11.9. The average Bonchev–Trinajstić information content (AvgIpc) is 2.83. The second-order valence-electron chi connectivity index (χ2n) is 4.72. The summed E-state index contributed by atoms with van der Waals surface area (Å²) >= 11 is 0. The Kier molecular flexibility index (Phi) is 4.39. The molecule has 0 bridgehead atoms. The summed E-state index contributed by atoms with van der Waals surface area (Å²) < 4.78 is 44.7. The Balaban J connectivity index is 2.22. The van der Waals surface area contributed by atoms with E-state index in [-0.39, 0.29) is 11.4 Å². The molecule has 8 heteroatoms. The summed E-state index contributed by atoms with van der Waals surface area (Å²) in [4.78, 5) is 12.6. The van der Waals surface area contributed by atoms with Crippen molar-refractivity contribution in [2.45, 2.75) is 19.1 Å². The molecular formula is C14H14F3N3O2. The highest BCUT2D eigenvalue weighted by Crippen LogP contribution is 2.37. The smallest absolute Gasteiger partial charge is 0.360 e. The van der Waals surface area contributed by atoms with Gasteiger partial charge < -0.3 is 9.42 Å². The van der Waals surface area contributed by atoms with Crippen molar-refractivity contribution < 1.29 is 22.5 Å². The molecule has 1 atom stereocenters. The van der Waals surface area contributed by atoms with Gasteiger partial charge >= 0.3 is 12.2 Å². The normalized spacial score (nSPS) is 12.8. The van der Waals surface area contributed by atoms with Crippen LogP contribution in [-0.4, -0.2) is 29.3 Å². The molecule has 1 aromatic heterocycles. The molecule has 0 saturated heterocycles. The standard InChI is InChI=1S/C14H14F3N3O2/c1-9-8-11(19-22-9)18-13(21)20(2)12(14(15,16)17)10-6-4-3-5-7-10/h3-8,12H,1-2H3,(H,18,19,21)/t12-/m1/s1. The summed E-state index contributed by atoms with van der Waals surface area (Å²) in [6, 6.07) is 5.65. The number of nitrogens with one attached hydrogen (secondary N) is 1.